The maximum Gasteiger partial charge on any atom is 0.347 e. The van der Waals surface area contributed by atoms with Crippen molar-refractivity contribution < 1.29 is 14.3 Å². The summed E-state index contributed by atoms with van der Waals surface area (Å²) >= 11 is 1.44. The number of aromatic carboxylic acids is 1. The fourth-order valence-corrected chi connectivity index (χ4v) is 5.61. The Hall–Kier alpha value is -3.71. The molecule has 172 valence electrons. The highest BCUT2D eigenvalue weighted by atomic mass is 32.1. The number of thiazole rings is 1. The highest BCUT2D eigenvalue weighted by Crippen LogP contribution is 2.41. The largest absolute Gasteiger partial charge is 0.478 e. The molecule has 0 atom stereocenters. The number of carboxylic acid groups (broad SMARTS) is 1. The van der Waals surface area contributed by atoms with Crippen LogP contribution in [0.5, 0.6) is 0 Å². The Kier molecular flexibility index (Phi) is 5.79. The number of anilines is 1. The van der Waals surface area contributed by atoms with E-state index in [1.165, 1.54) is 11.3 Å². The van der Waals surface area contributed by atoms with Gasteiger partial charge in [-0.3, -0.25) is 0 Å². The third kappa shape index (κ3) is 3.72. The number of allylic oxidation sites excluding steroid dienone is 1. The first-order chi connectivity index (χ1) is 16.5. The smallest absolute Gasteiger partial charge is 0.347 e. The minimum atomic E-state index is -1.05. The van der Waals surface area contributed by atoms with E-state index in [1.807, 2.05) is 24.3 Å². The third-order valence-corrected chi connectivity index (χ3v) is 7.29. The van der Waals surface area contributed by atoms with Gasteiger partial charge in [-0.2, -0.15) is 0 Å². The Morgan fingerprint density at radius 3 is 2.68 bits per heavy atom. The van der Waals surface area contributed by atoms with Gasteiger partial charge >= 0.3 is 11.6 Å². The van der Waals surface area contributed by atoms with Crippen molar-refractivity contribution in [2.75, 3.05) is 18.0 Å². The van der Waals surface area contributed by atoms with Crippen molar-refractivity contribution in [3.05, 3.63) is 75.1 Å². The average molecular weight is 473 g/mol. The van der Waals surface area contributed by atoms with Crippen LogP contribution < -0.4 is 10.5 Å². The fourth-order valence-electron chi connectivity index (χ4n) is 4.53. The van der Waals surface area contributed by atoms with Crippen molar-refractivity contribution >= 4 is 40.0 Å². The molecule has 0 aliphatic heterocycles. The lowest BCUT2D eigenvalue weighted by molar-refractivity contribution is 0.0697. The zero-order valence-corrected chi connectivity index (χ0v) is 19.8. The van der Waals surface area contributed by atoms with E-state index in [2.05, 4.69) is 24.8 Å². The summed E-state index contributed by atoms with van der Waals surface area (Å²) in [5.41, 5.74) is 3.27. The molecule has 5 rings (SSSR count). The fraction of sp³-hybridized carbons (Fsp3) is 0.222. The van der Waals surface area contributed by atoms with Crippen molar-refractivity contribution in [2.24, 2.45) is 0 Å². The molecule has 6 nitrogen and oxygen atoms in total. The van der Waals surface area contributed by atoms with E-state index in [0.29, 0.717) is 32.7 Å². The molecule has 0 amide bonds. The van der Waals surface area contributed by atoms with E-state index in [9.17, 15) is 14.7 Å². The van der Waals surface area contributed by atoms with Gasteiger partial charge in [0.2, 0.25) is 0 Å². The Morgan fingerprint density at radius 1 is 1.15 bits per heavy atom. The molecule has 1 aliphatic rings. The summed E-state index contributed by atoms with van der Waals surface area (Å²) in [6.07, 6.45) is 5.85. The molecule has 0 spiro atoms. The van der Waals surface area contributed by atoms with Crippen LogP contribution in [0.25, 0.3) is 38.7 Å². The summed E-state index contributed by atoms with van der Waals surface area (Å²) in [6, 6.07) is 12.5. The number of aryl methyl sites for hydroxylation is 1. The Labute approximate surface area is 200 Å². The van der Waals surface area contributed by atoms with Gasteiger partial charge in [0.25, 0.3) is 0 Å². The Bertz CT molecular complexity index is 1490. The van der Waals surface area contributed by atoms with Gasteiger partial charge in [-0.05, 0) is 56.5 Å². The SMILES string of the molecule is CCN(CC)c1ccc2c(-c3ccccc3C(=O)O)c(-c3nc4c(s3)C=CCC4)c(=O)oc2c1. The molecular weight excluding hydrogens is 448 g/mol. The first-order valence-corrected chi connectivity index (χ1v) is 12.2. The Morgan fingerprint density at radius 2 is 1.94 bits per heavy atom. The normalized spacial score (nSPS) is 12.6. The molecule has 4 aromatic rings. The van der Waals surface area contributed by atoms with Gasteiger partial charge in [0.15, 0.2) is 0 Å². The van der Waals surface area contributed by atoms with Crippen LogP contribution in [0.3, 0.4) is 0 Å². The minimum Gasteiger partial charge on any atom is -0.478 e. The van der Waals surface area contributed by atoms with Gasteiger partial charge in [0.1, 0.15) is 16.2 Å². The Balaban J connectivity index is 1.86. The molecular formula is C27H24N2O4S. The van der Waals surface area contributed by atoms with Crippen molar-refractivity contribution in [3.8, 4) is 21.7 Å². The molecule has 0 saturated heterocycles. The highest BCUT2D eigenvalue weighted by molar-refractivity contribution is 7.16. The number of hydrogen-bond donors (Lipinski definition) is 1. The summed E-state index contributed by atoms with van der Waals surface area (Å²) in [5, 5.41) is 11.1. The predicted molar refractivity (Wildman–Crippen MR) is 137 cm³/mol. The van der Waals surface area contributed by atoms with Gasteiger partial charge in [0, 0.05) is 35.8 Å². The quantitative estimate of drug-likeness (QED) is 0.342. The summed E-state index contributed by atoms with van der Waals surface area (Å²) in [6.45, 7) is 5.77. The molecule has 2 aromatic carbocycles. The second-order valence-corrected chi connectivity index (χ2v) is 9.14. The zero-order chi connectivity index (χ0) is 23.8. The number of rotatable bonds is 6. The predicted octanol–water partition coefficient (Wildman–Crippen LogP) is 6.09. The van der Waals surface area contributed by atoms with E-state index in [-0.39, 0.29) is 5.56 Å². The lowest BCUT2D eigenvalue weighted by Gasteiger charge is -2.21. The van der Waals surface area contributed by atoms with E-state index >= 15 is 0 Å². The molecule has 1 aliphatic carbocycles. The van der Waals surface area contributed by atoms with E-state index < -0.39 is 11.6 Å². The van der Waals surface area contributed by atoms with Crippen LogP contribution in [0.4, 0.5) is 5.69 Å². The monoisotopic (exact) mass is 472 g/mol. The van der Waals surface area contributed by atoms with Crippen LogP contribution in [0, 0.1) is 0 Å². The van der Waals surface area contributed by atoms with Gasteiger partial charge in [-0.15, -0.1) is 11.3 Å². The standard InChI is InChI=1S/C27H24N2O4S/c1-3-29(4-2)16-13-14-19-21(15-16)33-27(32)24(25-28-20-11-7-8-12-22(20)34-25)23(19)17-9-5-6-10-18(17)26(30)31/h5-6,8-10,12-15H,3-4,7,11H2,1-2H3,(H,30,31). The topological polar surface area (TPSA) is 83.6 Å². The van der Waals surface area contributed by atoms with Crippen LogP contribution in [-0.2, 0) is 6.42 Å². The van der Waals surface area contributed by atoms with Gasteiger partial charge < -0.3 is 14.4 Å². The zero-order valence-electron chi connectivity index (χ0n) is 19.0. The number of fused-ring (bicyclic) bond motifs is 2. The first kappa shape index (κ1) is 22.1. The summed E-state index contributed by atoms with van der Waals surface area (Å²) in [7, 11) is 0. The van der Waals surface area contributed by atoms with Crippen LogP contribution in [0.1, 0.15) is 41.2 Å². The van der Waals surface area contributed by atoms with Crippen molar-refractivity contribution in [2.45, 2.75) is 26.7 Å². The average Bonchev–Trinajstić information content (AvgIpc) is 3.27. The lowest BCUT2D eigenvalue weighted by Crippen LogP contribution is -2.21. The number of nitrogens with zero attached hydrogens (tertiary/aromatic N) is 2. The maximum atomic E-state index is 13.5. The van der Waals surface area contributed by atoms with E-state index in [0.717, 1.165) is 42.2 Å². The second kappa shape index (κ2) is 8.91. The number of benzene rings is 2. The molecule has 0 saturated carbocycles. The number of carbonyl (C=O) groups is 1. The number of hydrogen-bond acceptors (Lipinski definition) is 6. The van der Waals surface area contributed by atoms with Crippen LogP contribution in [0.15, 0.2) is 57.8 Å². The minimum absolute atomic E-state index is 0.129. The molecule has 7 heteroatoms. The van der Waals surface area contributed by atoms with Crippen LogP contribution in [0.2, 0.25) is 0 Å². The van der Waals surface area contributed by atoms with E-state index in [1.54, 1.807) is 24.3 Å². The van der Waals surface area contributed by atoms with E-state index in [4.69, 9.17) is 9.40 Å². The third-order valence-electron chi connectivity index (χ3n) is 6.21. The van der Waals surface area contributed by atoms with Gasteiger partial charge in [0.05, 0.1) is 16.1 Å². The van der Waals surface area contributed by atoms with Crippen molar-refractivity contribution in [3.63, 3.8) is 0 Å². The highest BCUT2D eigenvalue weighted by Gasteiger charge is 2.25. The number of aromatic nitrogens is 1. The van der Waals surface area contributed by atoms with Gasteiger partial charge in [-0.1, -0.05) is 24.3 Å². The lowest BCUT2D eigenvalue weighted by atomic mass is 9.93. The van der Waals surface area contributed by atoms with Crippen molar-refractivity contribution in [1.82, 2.24) is 4.98 Å². The van der Waals surface area contributed by atoms with Crippen LogP contribution in [-0.4, -0.2) is 29.1 Å². The van der Waals surface area contributed by atoms with Gasteiger partial charge in [-0.25, -0.2) is 14.6 Å². The summed E-state index contributed by atoms with van der Waals surface area (Å²) in [5.74, 6) is -1.05. The summed E-state index contributed by atoms with van der Waals surface area (Å²) < 4.78 is 5.84. The second-order valence-electron chi connectivity index (χ2n) is 8.11. The molecule has 1 N–H and O–H groups in total. The molecule has 0 unspecified atom stereocenters. The summed E-state index contributed by atoms with van der Waals surface area (Å²) in [4.78, 5) is 33.5. The molecule has 34 heavy (non-hydrogen) atoms. The van der Waals surface area contributed by atoms with Crippen molar-refractivity contribution in [1.29, 1.82) is 0 Å². The first-order valence-electron chi connectivity index (χ1n) is 11.4. The molecule has 0 radical (unpaired) electrons. The van der Waals surface area contributed by atoms with Crippen LogP contribution >= 0.6 is 11.3 Å². The molecule has 2 heterocycles. The maximum absolute atomic E-state index is 13.5. The molecule has 0 fully saturated rings. The number of carboxylic acids is 1. The molecule has 2 aromatic heterocycles. The molecule has 0 bridgehead atoms.